The van der Waals surface area contributed by atoms with Crippen molar-refractivity contribution in [1.82, 2.24) is 9.80 Å². The van der Waals surface area contributed by atoms with Gasteiger partial charge in [-0.3, -0.25) is 0 Å². The van der Waals surface area contributed by atoms with Crippen LogP contribution in [0.5, 0.6) is 0 Å². The highest BCUT2D eigenvalue weighted by atomic mass is 16.7. The molecule has 101 heavy (non-hydrogen) atoms. The first-order chi connectivity index (χ1) is 48.7. The number of allylic oxidation sites excluding steroid dienone is 3. The number of amides is 2. The van der Waals surface area contributed by atoms with Gasteiger partial charge < -0.3 is 47.7 Å². The Morgan fingerprint density at radius 1 is 0.505 bits per heavy atom. The van der Waals surface area contributed by atoms with E-state index in [9.17, 15) is 19.2 Å². The lowest BCUT2D eigenvalue weighted by Crippen LogP contribution is -2.56. The van der Waals surface area contributed by atoms with Gasteiger partial charge in [0.2, 0.25) is 0 Å². The molecule has 0 N–H and O–H groups in total. The fourth-order valence-electron chi connectivity index (χ4n) is 24.6. The van der Waals surface area contributed by atoms with Crippen LogP contribution in [0.4, 0.5) is 19.2 Å². The molecule has 3 spiro atoms. The van der Waals surface area contributed by atoms with Crippen molar-refractivity contribution < 1.29 is 57.1 Å². The number of carbonyl (C=O) groups excluding carboxylic acids is 4. The van der Waals surface area contributed by atoms with Crippen LogP contribution >= 0.6 is 0 Å². The highest BCUT2D eigenvalue weighted by molar-refractivity contribution is 5.69. The summed E-state index contributed by atoms with van der Waals surface area (Å²) in [7, 11) is 0. The molecule has 0 aromatic heterocycles. The quantitative estimate of drug-likeness (QED) is 0.0845. The number of ether oxygens (including phenoxy) is 8. The number of likely N-dealkylation sites (tertiary alicyclic amines) is 2. The first kappa shape index (κ1) is 68.5. The summed E-state index contributed by atoms with van der Waals surface area (Å²) < 4.78 is 49.2. The molecule has 22 atom stereocenters. The van der Waals surface area contributed by atoms with E-state index in [1.807, 2.05) is 126 Å². The van der Waals surface area contributed by atoms with Crippen molar-refractivity contribution in [3.05, 3.63) is 178 Å². The van der Waals surface area contributed by atoms with Crippen LogP contribution in [0, 0.1) is 80.8 Å². The molecule has 538 valence electrons. The molecule has 14 nitrogen and oxygen atoms in total. The van der Waals surface area contributed by atoms with Crippen molar-refractivity contribution in [2.75, 3.05) is 13.1 Å². The maximum atomic E-state index is 13.8. The minimum Gasteiger partial charge on any atom is -0.445 e. The third kappa shape index (κ3) is 11.8. The van der Waals surface area contributed by atoms with E-state index in [0.717, 1.165) is 125 Å². The average molecular weight is 1370 g/mol. The fourth-order valence-corrected chi connectivity index (χ4v) is 24.6. The Balaban J connectivity index is 0.000000157. The SMILES string of the molecule is CC1=C2C[C@H]3[C@@H](CC=C4C[C@@H](OC(=O)OCc5ccccc5)CC[C@@]43C)[C@@H]2CC[C@]12O[C@@H]1C[C@H](C)CN(C(=O)OCc3ccccc3)[C@H]1[C@H]2C.C[C@H]1C[C@H]2O[C@]3(CC[C@H]4[C@@H]5CC=C6C[C@@H](OC(=O)OCc7ccccc7)CC[C@]6(C)[C@H]5CC45CC53C)[C@H](C)[C@@H]2N(C(=O)OCc2ccccc2)C1. The van der Waals surface area contributed by atoms with E-state index in [-0.39, 0.29) is 108 Å². The second-order valence-corrected chi connectivity index (χ2v) is 34.6. The van der Waals surface area contributed by atoms with Gasteiger partial charge in [-0.1, -0.05) is 199 Å². The number of nitrogens with zero attached hydrogens (tertiary/aromatic N) is 2. The van der Waals surface area contributed by atoms with E-state index in [1.54, 1.807) is 5.57 Å². The molecule has 0 radical (unpaired) electrons. The number of carbonyl (C=O) groups is 4. The van der Waals surface area contributed by atoms with Gasteiger partial charge >= 0.3 is 24.5 Å². The zero-order valence-electron chi connectivity index (χ0n) is 61.0. The molecule has 4 heterocycles. The first-order valence-electron chi connectivity index (χ1n) is 38.9. The van der Waals surface area contributed by atoms with Crippen molar-refractivity contribution in [2.45, 2.75) is 239 Å². The molecule has 4 aromatic rings. The molecule has 4 aliphatic heterocycles. The van der Waals surface area contributed by atoms with Crippen LogP contribution in [0.2, 0.25) is 0 Å². The van der Waals surface area contributed by atoms with Crippen molar-refractivity contribution >= 4 is 24.5 Å². The van der Waals surface area contributed by atoms with E-state index in [4.69, 9.17) is 37.9 Å². The smallest absolute Gasteiger partial charge is 0.445 e. The lowest BCUT2D eigenvalue weighted by molar-refractivity contribution is -0.147. The van der Waals surface area contributed by atoms with Gasteiger partial charge in [0.25, 0.3) is 0 Å². The van der Waals surface area contributed by atoms with Gasteiger partial charge in [-0.05, 0) is 195 Å². The summed E-state index contributed by atoms with van der Waals surface area (Å²) >= 11 is 0. The molecule has 17 rings (SSSR count). The summed E-state index contributed by atoms with van der Waals surface area (Å²) in [6.07, 6.45) is 21.0. The fraction of sp³-hybridized carbons (Fsp3) is 0.609. The van der Waals surface area contributed by atoms with E-state index >= 15 is 0 Å². The molecule has 6 saturated carbocycles. The molecule has 2 unspecified atom stereocenters. The van der Waals surface area contributed by atoms with Crippen molar-refractivity contribution in [3.63, 3.8) is 0 Å². The van der Waals surface area contributed by atoms with E-state index in [1.165, 1.54) is 36.0 Å². The third-order valence-corrected chi connectivity index (χ3v) is 29.6. The number of fused-ring (bicyclic) bond motifs is 12. The normalized spacial score (nSPS) is 40.2. The summed E-state index contributed by atoms with van der Waals surface area (Å²) in [4.78, 5) is 56.7. The standard InChI is InChI=1S/C44H55NO6.C43H53NO6/c1-28-21-37-38(45(24-28)39(46)48-25-30-11-7-5-8-12-30)29(2)44(51-37)20-18-35-34-16-15-32-22-33(50-40(47)49-26-31-13-9-6-10-14-31)17-19-41(32,3)36(34)23-43(35)27-42(43,44)4;1-27-21-38-39(44(24-27)40(45)47-25-30-11-7-5-8-12-30)29(3)43(50-38)20-18-34-35-16-15-32-22-33(49-41(46)48-26-31-13-9-6-10-14-31)17-19-42(32,4)37(35)23-36(34)28(43)2/h5-15,28-29,33-38H,16-27H2,1-4H3;5-15,27,29,33-35,37-39H,16-26H2,1-4H3/t28-,29+,33-,34-,35-,36-,37+,38-,41-,42?,43?,44+;27-,29+,33-,34-,35-,37-,38+,39-,42-,43-/m00/s1. The second kappa shape index (κ2) is 26.7. The van der Waals surface area contributed by atoms with Gasteiger partial charge in [-0.2, -0.15) is 0 Å². The largest absolute Gasteiger partial charge is 0.508 e. The van der Waals surface area contributed by atoms with Gasteiger partial charge in [0.05, 0.1) is 35.5 Å². The van der Waals surface area contributed by atoms with Crippen LogP contribution in [-0.2, 0) is 64.3 Å². The Morgan fingerprint density at radius 2 is 0.970 bits per heavy atom. The highest BCUT2D eigenvalue weighted by Crippen LogP contribution is 2.87. The van der Waals surface area contributed by atoms with Crippen molar-refractivity contribution in [2.24, 2.45) is 80.8 Å². The number of hydrogen-bond acceptors (Lipinski definition) is 12. The third-order valence-electron chi connectivity index (χ3n) is 29.6. The molecule has 9 aliphatic carbocycles. The monoisotopic (exact) mass is 1370 g/mol. The summed E-state index contributed by atoms with van der Waals surface area (Å²) in [5.41, 5.74) is 10.1. The van der Waals surface area contributed by atoms with Gasteiger partial charge in [0.1, 0.15) is 38.6 Å². The molecule has 10 fully saturated rings. The summed E-state index contributed by atoms with van der Waals surface area (Å²) in [6, 6.07) is 39.5. The Labute approximate surface area is 599 Å². The van der Waals surface area contributed by atoms with Crippen molar-refractivity contribution in [1.29, 1.82) is 0 Å². The molecule has 0 bridgehead atoms. The zero-order valence-corrected chi connectivity index (χ0v) is 61.0. The topological polar surface area (TPSA) is 149 Å². The lowest BCUT2D eigenvalue weighted by Gasteiger charge is -2.50. The van der Waals surface area contributed by atoms with Gasteiger partial charge in [-0.15, -0.1) is 0 Å². The van der Waals surface area contributed by atoms with Crippen LogP contribution in [0.1, 0.15) is 187 Å². The molecular weight excluding hydrogens is 1260 g/mol. The number of piperidine rings is 2. The first-order valence-corrected chi connectivity index (χ1v) is 38.9. The summed E-state index contributed by atoms with van der Waals surface area (Å²) in [5.74, 6) is 5.07. The Kier molecular flexibility index (Phi) is 18.1. The molecular formula is C87H108N2O12. The Hall–Kier alpha value is -6.90. The van der Waals surface area contributed by atoms with Gasteiger partial charge in [0.15, 0.2) is 0 Å². The van der Waals surface area contributed by atoms with Crippen LogP contribution in [-0.4, -0.2) is 95.1 Å². The van der Waals surface area contributed by atoms with Crippen LogP contribution in [0.15, 0.2) is 156 Å². The van der Waals surface area contributed by atoms with Crippen molar-refractivity contribution in [3.8, 4) is 0 Å². The average Bonchev–Trinajstić information content (AvgIpc) is 1.46. The van der Waals surface area contributed by atoms with E-state index in [0.29, 0.717) is 60.0 Å². The summed E-state index contributed by atoms with van der Waals surface area (Å²) in [6.45, 7) is 21.6. The molecule has 13 aliphatic rings. The number of rotatable bonds is 10. The van der Waals surface area contributed by atoms with Gasteiger partial charge in [0, 0.05) is 43.2 Å². The molecule has 4 saturated heterocycles. The highest BCUT2D eigenvalue weighted by Gasteiger charge is 2.85. The Bertz CT molecular complexity index is 3840. The maximum Gasteiger partial charge on any atom is 0.508 e. The predicted octanol–water partition coefficient (Wildman–Crippen LogP) is 18.9. The molecule has 4 aromatic carbocycles. The number of hydrogen-bond donors (Lipinski definition) is 0. The molecule has 14 heteroatoms. The lowest BCUT2D eigenvalue weighted by atomic mass is 9.56. The van der Waals surface area contributed by atoms with Crippen LogP contribution in [0.25, 0.3) is 0 Å². The predicted molar refractivity (Wildman–Crippen MR) is 384 cm³/mol. The second-order valence-electron chi connectivity index (χ2n) is 34.6. The summed E-state index contributed by atoms with van der Waals surface area (Å²) in [5, 5.41) is 0. The Morgan fingerprint density at radius 3 is 1.49 bits per heavy atom. The minimum atomic E-state index is -0.571. The van der Waals surface area contributed by atoms with E-state index in [2.05, 4.69) is 72.4 Å². The van der Waals surface area contributed by atoms with Crippen LogP contribution in [0.3, 0.4) is 0 Å². The number of benzene rings is 4. The zero-order chi connectivity index (χ0) is 69.8. The van der Waals surface area contributed by atoms with E-state index < -0.39 is 12.3 Å². The minimum absolute atomic E-state index is 0.0192. The van der Waals surface area contributed by atoms with Gasteiger partial charge in [-0.25, -0.2) is 19.2 Å². The van der Waals surface area contributed by atoms with Crippen LogP contribution < -0.4 is 0 Å². The molecule has 2 amide bonds. The maximum absolute atomic E-state index is 13.8.